The predicted octanol–water partition coefficient (Wildman–Crippen LogP) is 3.79. The average molecular weight is 427 g/mol. The molecule has 0 heterocycles. The van der Waals surface area contributed by atoms with Crippen LogP contribution in [0.4, 0.5) is 4.79 Å². The third-order valence-corrected chi connectivity index (χ3v) is 4.44. The third kappa shape index (κ3) is 7.13. The van der Waals surface area contributed by atoms with Crippen LogP contribution in [0.15, 0.2) is 55.1 Å². The summed E-state index contributed by atoms with van der Waals surface area (Å²) in [4.78, 5) is 37.7. The molecule has 2 atom stereocenters. The van der Waals surface area contributed by atoms with Crippen LogP contribution in [0.1, 0.15) is 26.3 Å². The monoisotopic (exact) mass is 427 g/mol. The molecule has 1 N–H and O–H groups in total. The Balaban J connectivity index is 2.37. The molecule has 2 aromatic carbocycles. The number of carbonyl (C=O) groups excluding carboxylic acids is 3. The van der Waals surface area contributed by atoms with E-state index in [1.165, 1.54) is 13.2 Å². The second-order valence-electron chi connectivity index (χ2n) is 8.06. The summed E-state index contributed by atoms with van der Waals surface area (Å²) in [6.07, 6.45) is 0.695. The van der Waals surface area contributed by atoms with Crippen LogP contribution in [-0.2, 0) is 30.2 Å². The first-order valence-electron chi connectivity index (χ1n) is 9.97. The number of alkyl carbamates (subject to hydrolysis) is 1. The number of hydrogen-bond acceptors (Lipinski definition) is 6. The lowest BCUT2D eigenvalue weighted by atomic mass is 9.91. The van der Waals surface area contributed by atoms with Crippen LogP contribution in [0.2, 0.25) is 0 Å². The first-order chi connectivity index (χ1) is 14.6. The van der Waals surface area contributed by atoms with Gasteiger partial charge in [-0.1, -0.05) is 55.1 Å². The maximum absolute atomic E-state index is 12.9. The lowest BCUT2D eigenvalue weighted by Crippen LogP contribution is -2.51. The van der Waals surface area contributed by atoms with Crippen molar-refractivity contribution >= 4 is 28.8 Å². The highest BCUT2D eigenvalue weighted by atomic mass is 16.6. The highest BCUT2D eigenvalue weighted by Crippen LogP contribution is 2.22. The molecule has 2 aromatic rings. The van der Waals surface area contributed by atoms with E-state index >= 15 is 0 Å². The molecule has 0 aromatic heterocycles. The minimum absolute atomic E-state index is 0.0412. The molecule has 0 aliphatic rings. The fourth-order valence-corrected chi connectivity index (χ4v) is 3.10. The standard InChI is InChI=1S/C24H29NO6/c1-6-13-30-23(28)25-20(22(27)31-24(2,3)4)19(21(26)29-5)15-16-11-12-17-9-7-8-10-18(17)14-16/h6-12,14,19-20H,1,13,15H2,2-5H3,(H,25,28)/t19-,20+/m1/s1. The predicted molar refractivity (Wildman–Crippen MR) is 117 cm³/mol. The van der Waals surface area contributed by atoms with Crippen molar-refractivity contribution in [1.82, 2.24) is 5.32 Å². The number of esters is 2. The van der Waals surface area contributed by atoms with Crippen molar-refractivity contribution in [3.05, 3.63) is 60.7 Å². The van der Waals surface area contributed by atoms with Crippen molar-refractivity contribution in [2.75, 3.05) is 13.7 Å². The van der Waals surface area contributed by atoms with Crippen LogP contribution in [0.5, 0.6) is 0 Å². The molecular weight excluding hydrogens is 398 g/mol. The van der Waals surface area contributed by atoms with E-state index in [9.17, 15) is 14.4 Å². The lowest BCUT2D eigenvalue weighted by molar-refractivity contribution is -0.163. The number of ether oxygens (including phenoxy) is 3. The summed E-state index contributed by atoms with van der Waals surface area (Å²) >= 11 is 0. The average Bonchev–Trinajstić information content (AvgIpc) is 2.72. The maximum atomic E-state index is 12.9. The van der Waals surface area contributed by atoms with Gasteiger partial charge >= 0.3 is 18.0 Å². The molecule has 166 valence electrons. The quantitative estimate of drug-likeness (QED) is 0.392. The normalized spacial score (nSPS) is 13.0. The molecule has 7 heteroatoms. The Morgan fingerprint density at radius 2 is 1.74 bits per heavy atom. The number of fused-ring (bicyclic) bond motifs is 1. The van der Waals surface area contributed by atoms with E-state index < -0.39 is 35.6 Å². The van der Waals surface area contributed by atoms with E-state index in [2.05, 4.69) is 11.9 Å². The van der Waals surface area contributed by atoms with Gasteiger partial charge in [0.1, 0.15) is 18.2 Å². The minimum atomic E-state index is -1.30. The summed E-state index contributed by atoms with van der Waals surface area (Å²) in [6.45, 7) is 8.55. The number of nitrogens with one attached hydrogen (secondary N) is 1. The Morgan fingerprint density at radius 3 is 2.35 bits per heavy atom. The molecule has 31 heavy (non-hydrogen) atoms. The molecule has 0 saturated carbocycles. The summed E-state index contributed by atoms with van der Waals surface area (Å²) in [5.41, 5.74) is -0.00465. The molecule has 0 radical (unpaired) electrons. The summed E-state index contributed by atoms with van der Waals surface area (Å²) in [5.74, 6) is -2.41. The number of hydrogen-bond donors (Lipinski definition) is 1. The van der Waals surface area contributed by atoms with Crippen LogP contribution in [0.25, 0.3) is 10.8 Å². The second kappa shape index (κ2) is 10.6. The summed E-state index contributed by atoms with van der Waals surface area (Å²) < 4.78 is 15.3. The maximum Gasteiger partial charge on any atom is 0.408 e. The van der Waals surface area contributed by atoms with Gasteiger partial charge in [-0.2, -0.15) is 0 Å². The number of methoxy groups -OCH3 is 1. The number of benzene rings is 2. The summed E-state index contributed by atoms with van der Waals surface area (Å²) in [6, 6.07) is 12.3. The van der Waals surface area contributed by atoms with E-state index in [4.69, 9.17) is 14.2 Å². The molecule has 0 fully saturated rings. The van der Waals surface area contributed by atoms with E-state index in [1.807, 2.05) is 42.5 Å². The molecule has 0 unspecified atom stereocenters. The van der Waals surface area contributed by atoms with Gasteiger partial charge in [-0.3, -0.25) is 4.79 Å². The molecule has 0 bridgehead atoms. The first-order valence-corrected chi connectivity index (χ1v) is 9.97. The van der Waals surface area contributed by atoms with Crippen molar-refractivity contribution in [2.45, 2.75) is 38.8 Å². The lowest BCUT2D eigenvalue weighted by Gasteiger charge is -2.28. The van der Waals surface area contributed by atoms with Crippen molar-refractivity contribution in [1.29, 1.82) is 0 Å². The van der Waals surface area contributed by atoms with Crippen molar-refractivity contribution in [2.24, 2.45) is 5.92 Å². The topological polar surface area (TPSA) is 90.9 Å². The van der Waals surface area contributed by atoms with Gasteiger partial charge in [0, 0.05) is 0 Å². The molecule has 7 nitrogen and oxygen atoms in total. The van der Waals surface area contributed by atoms with E-state index in [0.717, 1.165) is 16.3 Å². The molecule has 2 rings (SSSR count). The van der Waals surface area contributed by atoms with Crippen molar-refractivity contribution in [3.8, 4) is 0 Å². The molecule has 0 aliphatic carbocycles. The Morgan fingerprint density at radius 1 is 1.06 bits per heavy atom. The molecule has 0 aliphatic heterocycles. The van der Waals surface area contributed by atoms with Gasteiger partial charge in [0.15, 0.2) is 0 Å². The largest absolute Gasteiger partial charge is 0.469 e. The summed E-state index contributed by atoms with van der Waals surface area (Å²) in [5, 5.41) is 4.51. The van der Waals surface area contributed by atoms with Crippen LogP contribution in [-0.4, -0.2) is 43.4 Å². The highest BCUT2D eigenvalue weighted by Gasteiger charge is 2.39. The zero-order chi connectivity index (χ0) is 23.0. The number of rotatable bonds is 8. The smallest absolute Gasteiger partial charge is 0.408 e. The Bertz CT molecular complexity index is 946. The fraction of sp³-hybridized carbons (Fsp3) is 0.375. The minimum Gasteiger partial charge on any atom is -0.469 e. The molecule has 1 amide bonds. The zero-order valence-electron chi connectivity index (χ0n) is 18.3. The van der Waals surface area contributed by atoms with Crippen LogP contribution in [0.3, 0.4) is 0 Å². The van der Waals surface area contributed by atoms with Crippen LogP contribution < -0.4 is 5.32 Å². The van der Waals surface area contributed by atoms with Crippen molar-refractivity contribution in [3.63, 3.8) is 0 Å². The summed E-state index contributed by atoms with van der Waals surface area (Å²) in [7, 11) is 1.23. The van der Waals surface area contributed by atoms with Crippen molar-refractivity contribution < 1.29 is 28.6 Å². The van der Waals surface area contributed by atoms with Gasteiger partial charge in [-0.05, 0) is 43.5 Å². The second-order valence-corrected chi connectivity index (χ2v) is 8.06. The van der Waals surface area contributed by atoms with Gasteiger partial charge in [-0.25, -0.2) is 9.59 Å². The molecular formula is C24H29NO6. The van der Waals surface area contributed by atoms with E-state index in [1.54, 1.807) is 20.8 Å². The molecule has 0 saturated heterocycles. The highest BCUT2D eigenvalue weighted by molar-refractivity contribution is 5.88. The van der Waals surface area contributed by atoms with E-state index in [0.29, 0.717) is 0 Å². The van der Waals surface area contributed by atoms with Gasteiger partial charge in [0.25, 0.3) is 0 Å². The molecule has 0 spiro atoms. The SMILES string of the molecule is C=CCOC(=O)N[C@H](C(=O)OC(C)(C)C)[C@@H](Cc1ccc2ccccc2c1)C(=O)OC. The zero-order valence-corrected chi connectivity index (χ0v) is 18.3. The Labute approximate surface area is 182 Å². The van der Waals surface area contributed by atoms with Gasteiger partial charge in [0.05, 0.1) is 13.0 Å². The van der Waals surface area contributed by atoms with Crippen LogP contribution >= 0.6 is 0 Å². The first kappa shape index (κ1) is 23.9. The Kier molecular flexibility index (Phi) is 8.19. The van der Waals surface area contributed by atoms with Crippen LogP contribution in [0, 0.1) is 5.92 Å². The number of carbonyl (C=O) groups is 3. The van der Waals surface area contributed by atoms with Gasteiger partial charge in [0.2, 0.25) is 0 Å². The van der Waals surface area contributed by atoms with Gasteiger partial charge in [-0.15, -0.1) is 0 Å². The van der Waals surface area contributed by atoms with E-state index in [-0.39, 0.29) is 13.0 Å². The van der Waals surface area contributed by atoms with Gasteiger partial charge < -0.3 is 19.5 Å². The fourth-order valence-electron chi connectivity index (χ4n) is 3.10. The Hall–Kier alpha value is -3.35. The third-order valence-electron chi connectivity index (χ3n) is 4.44. The number of amides is 1.